The Morgan fingerprint density at radius 1 is 1.19 bits per heavy atom. The number of pyridine rings is 1. The number of nitrogens with two attached hydrogens (primary N) is 1. The van der Waals surface area contributed by atoms with Crippen LogP contribution in [0.4, 0.5) is 0 Å². The highest BCUT2D eigenvalue weighted by Gasteiger charge is 2.20. The van der Waals surface area contributed by atoms with Crippen LogP contribution < -0.4 is 10.5 Å². The van der Waals surface area contributed by atoms with Crippen molar-refractivity contribution >= 4 is 16.8 Å². The molecule has 1 aliphatic rings. The highest BCUT2D eigenvalue weighted by atomic mass is 16.5. The summed E-state index contributed by atoms with van der Waals surface area (Å²) >= 11 is 0. The van der Waals surface area contributed by atoms with Crippen molar-refractivity contribution < 1.29 is 14.6 Å². The van der Waals surface area contributed by atoms with Crippen LogP contribution in [0.2, 0.25) is 0 Å². The Morgan fingerprint density at radius 2 is 1.90 bits per heavy atom. The van der Waals surface area contributed by atoms with Gasteiger partial charge in [0.2, 0.25) is 0 Å². The third-order valence-corrected chi connectivity index (χ3v) is 3.86. The number of amides is 1. The Balaban J connectivity index is 1.81. The van der Waals surface area contributed by atoms with Crippen molar-refractivity contribution in [2.24, 2.45) is 5.73 Å². The van der Waals surface area contributed by atoms with E-state index >= 15 is 0 Å². The van der Waals surface area contributed by atoms with E-state index in [-0.39, 0.29) is 17.9 Å². The number of aromatic nitrogens is 1. The molecule has 3 N–H and O–H groups in total. The Kier molecular flexibility index (Phi) is 3.75. The Labute approximate surface area is 122 Å². The smallest absolute Gasteiger partial charge is 0.267 e. The number of carbonyl (C=O) groups excluding carboxylic acids is 1. The summed E-state index contributed by atoms with van der Waals surface area (Å²) in [6, 6.07) is 9.09. The second-order valence-electron chi connectivity index (χ2n) is 5.46. The SMILES string of the molecule is NC(=O)c1ccc2ccc(OC3CCC(O)CC3)cc2n1. The van der Waals surface area contributed by atoms with Gasteiger partial charge in [-0.1, -0.05) is 6.07 Å². The molecule has 21 heavy (non-hydrogen) atoms. The molecular formula is C16H18N2O3. The van der Waals surface area contributed by atoms with E-state index in [1.54, 1.807) is 6.07 Å². The van der Waals surface area contributed by atoms with E-state index in [1.807, 2.05) is 24.3 Å². The largest absolute Gasteiger partial charge is 0.490 e. The highest BCUT2D eigenvalue weighted by molar-refractivity contribution is 5.93. The maximum Gasteiger partial charge on any atom is 0.267 e. The molecule has 1 aromatic heterocycles. The molecule has 1 saturated carbocycles. The van der Waals surface area contributed by atoms with Crippen LogP contribution in [0, 0.1) is 0 Å². The summed E-state index contributed by atoms with van der Waals surface area (Å²) in [5.41, 5.74) is 6.19. The zero-order valence-electron chi connectivity index (χ0n) is 11.7. The fourth-order valence-corrected chi connectivity index (χ4v) is 2.66. The quantitative estimate of drug-likeness (QED) is 0.904. The number of benzene rings is 1. The van der Waals surface area contributed by atoms with Crippen molar-refractivity contribution in [3.63, 3.8) is 0 Å². The third kappa shape index (κ3) is 3.13. The molecule has 0 bridgehead atoms. The third-order valence-electron chi connectivity index (χ3n) is 3.86. The summed E-state index contributed by atoms with van der Waals surface area (Å²) < 4.78 is 5.94. The lowest BCUT2D eigenvalue weighted by molar-refractivity contribution is 0.0666. The van der Waals surface area contributed by atoms with E-state index in [2.05, 4.69) is 4.98 Å². The first-order valence-electron chi connectivity index (χ1n) is 7.17. The van der Waals surface area contributed by atoms with Gasteiger partial charge in [0.15, 0.2) is 0 Å². The zero-order chi connectivity index (χ0) is 14.8. The van der Waals surface area contributed by atoms with Crippen LogP contribution in [0.1, 0.15) is 36.2 Å². The van der Waals surface area contributed by atoms with Gasteiger partial charge in [-0.05, 0) is 43.9 Å². The number of ether oxygens (including phenoxy) is 1. The summed E-state index contributed by atoms with van der Waals surface area (Å²) in [6.07, 6.45) is 3.21. The first-order chi connectivity index (χ1) is 10.1. The Bertz CT molecular complexity index is 664. The average Bonchev–Trinajstić information content (AvgIpc) is 2.49. The molecule has 1 fully saturated rings. The van der Waals surface area contributed by atoms with Gasteiger partial charge in [-0.3, -0.25) is 4.79 Å². The maximum absolute atomic E-state index is 11.2. The van der Waals surface area contributed by atoms with Gasteiger partial charge in [0.1, 0.15) is 11.4 Å². The number of fused-ring (bicyclic) bond motifs is 1. The minimum absolute atomic E-state index is 0.130. The maximum atomic E-state index is 11.2. The van der Waals surface area contributed by atoms with Crippen molar-refractivity contribution in [3.05, 3.63) is 36.0 Å². The predicted octanol–water partition coefficient (Wildman–Crippen LogP) is 2.02. The summed E-state index contributed by atoms with van der Waals surface area (Å²) in [5, 5.41) is 10.4. The molecule has 110 valence electrons. The lowest BCUT2D eigenvalue weighted by Crippen LogP contribution is -2.26. The minimum Gasteiger partial charge on any atom is -0.490 e. The van der Waals surface area contributed by atoms with Gasteiger partial charge >= 0.3 is 0 Å². The Morgan fingerprint density at radius 3 is 2.62 bits per heavy atom. The molecule has 0 saturated heterocycles. The fourth-order valence-electron chi connectivity index (χ4n) is 2.66. The molecule has 0 aliphatic heterocycles. The first kappa shape index (κ1) is 13.8. The van der Waals surface area contributed by atoms with Gasteiger partial charge in [0.05, 0.1) is 17.7 Å². The average molecular weight is 286 g/mol. The first-order valence-corrected chi connectivity index (χ1v) is 7.17. The molecule has 1 aliphatic carbocycles. The van der Waals surface area contributed by atoms with Crippen LogP contribution in [-0.4, -0.2) is 28.2 Å². The normalized spacial score (nSPS) is 22.1. The number of carbonyl (C=O) groups is 1. The highest BCUT2D eigenvalue weighted by Crippen LogP contribution is 2.26. The number of primary amides is 1. The summed E-state index contributed by atoms with van der Waals surface area (Å²) in [6.45, 7) is 0. The second kappa shape index (κ2) is 5.69. The standard InChI is InChI=1S/C16H18N2O3/c17-16(20)14-8-2-10-1-5-13(9-15(10)18-14)21-12-6-3-11(19)4-7-12/h1-2,5,8-9,11-12,19H,3-4,6-7H2,(H2,17,20). The van der Waals surface area contributed by atoms with Crippen LogP contribution in [-0.2, 0) is 0 Å². The number of hydrogen-bond donors (Lipinski definition) is 2. The van der Waals surface area contributed by atoms with Crippen LogP contribution >= 0.6 is 0 Å². The van der Waals surface area contributed by atoms with E-state index in [0.717, 1.165) is 36.8 Å². The van der Waals surface area contributed by atoms with Gasteiger partial charge in [0.25, 0.3) is 5.91 Å². The summed E-state index contributed by atoms with van der Waals surface area (Å²) in [5.74, 6) is 0.197. The Hall–Kier alpha value is -2.14. The molecule has 1 heterocycles. The second-order valence-corrected chi connectivity index (χ2v) is 5.46. The zero-order valence-corrected chi connectivity index (χ0v) is 11.7. The molecule has 1 aromatic carbocycles. The van der Waals surface area contributed by atoms with Crippen molar-refractivity contribution in [1.82, 2.24) is 4.98 Å². The van der Waals surface area contributed by atoms with Gasteiger partial charge in [-0.2, -0.15) is 0 Å². The monoisotopic (exact) mass is 286 g/mol. The van der Waals surface area contributed by atoms with Crippen LogP contribution in [0.25, 0.3) is 10.9 Å². The van der Waals surface area contributed by atoms with E-state index < -0.39 is 5.91 Å². The topological polar surface area (TPSA) is 85.4 Å². The molecule has 0 atom stereocenters. The number of rotatable bonds is 3. The lowest BCUT2D eigenvalue weighted by atomic mass is 9.95. The van der Waals surface area contributed by atoms with E-state index in [4.69, 9.17) is 10.5 Å². The molecule has 0 unspecified atom stereocenters. The number of aliphatic hydroxyl groups excluding tert-OH is 1. The van der Waals surface area contributed by atoms with Crippen molar-refractivity contribution in [1.29, 1.82) is 0 Å². The predicted molar refractivity (Wildman–Crippen MR) is 79.2 cm³/mol. The van der Waals surface area contributed by atoms with Crippen LogP contribution in [0.3, 0.4) is 0 Å². The van der Waals surface area contributed by atoms with E-state index in [0.29, 0.717) is 5.52 Å². The molecule has 1 amide bonds. The molecule has 2 aromatic rings. The van der Waals surface area contributed by atoms with Gasteiger partial charge < -0.3 is 15.6 Å². The van der Waals surface area contributed by atoms with Crippen molar-refractivity contribution in [2.75, 3.05) is 0 Å². The fraction of sp³-hybridized carbons (Fsp3) is 0.375. The summed E-state index contributed by atoms with van der Waals surface area (Å²) in [7, 11) is 0. The van der Waals surface area contributed by atoms with Gasteiger partial charge in [-0.25, -0.2) is 4.98 Å². The number of hydrogen-bond acceptors (Lipinski definition) is 4. The van der Waals surface area contributed by atoms with Crippen LogP contribution in [0.15, 0.2) is 30.3 Å². The molecule has 0 spiro atoms. The number of aliphatic hydroxyl groups is 1. The van der Waals surface area contributed by atoms with Gasteiger partial charge in [-0.15, -0.1) is 0 Å². The molecule has 5 nitrogen and oxygen atoms in total. The molecule has 5 heteroatoms. The van der Waals surface area contributed by atoms with Crippen molar-refractivity contribution in [3.8, 4) is 5.75 Å². The molecule has 3 rings (SSSR count). The van der Waals surface area contributed by atoms with Gasteiger partial charge in [0, 0.05) is 11.5 Å². The van der Waals surface area contributed by atoms with Crippen molar-refractivity contribution in [2.45, 2.75) is 37.9 Å². The minimum atomic E-state index is -0.538. The molecule has 0 radical (unpaired) electrons. The van der Waals surface area contributed by atoms with Crippen LogP contribution in [0.5, 0.6) is 5.75 Å². The molecular weight excluding hydrogens is 268 g/mol. The van der Waals surface area contributed by atoms with E-state index in [1.165, 1.54) is 0 Å². The summed E-state index contributed by atoms with van der Waals surface area (Å²) in [4.78, 5) is 15.4. The van der Waals surface area contributed by atoms with E-state index in [9.17, 15) is 9.90 Å². The number of nitrogens with zero attached hydrogens (tertiary/aromatic N) is 1. The lowest BCUT2D eigenvalue weighted by Gasteiger charge is -2.26.